The zero-order chi connectivity index (χ0) is 20.9. The number of hydrogen-bond acceptors (Lipinski definition) is 4. The van der Waals surface area contributed by atoms with Crippen LogP contribution in [0.1, 0.15) is 36.2 Å². The lowest BCUT2D eigenvalue weighted by Gasteiger charge is -2.35. The van der Waals surface area contributed by atoms with Crippen molar-refractivity contribution in [3.8, 4) is 5.69 Å². The highest BCUT2D eigenvalue weighted by Crippen LogP contribution is 2.16. The Bertz CT molecular complexity index is 866. The van der Waals surface area contributed by atoms with Crippen LogP contribution in [0.25, 0.3) is 5.69 Å². The summed E-state index contributed by atoms with van der Waals surface area (Å²) in [6.45, 7) is 4.65. The van der Waals surface area contributed by atoms with Crippen LogP contribution in [0.15, 0.2) is 36.8 Å². The summed E-state index contributed by atoms with van der Waals surface area (Å²) in [6.07, 6.45) is 7.71. The average Bonchev–Trinajstić information content (AvgIpc) is 3.08. The van der Waals surface area contributed by atoms with Crippen LogP contribution in [0, 0.1) is 5.82 Å². The van der Waals surface area contributed by atoms with Gasteiger partial charge in [0.1, 0.15) is 11.5 Å². The molecule has 7 nitrogen and oxygen atoms in total. The van der Waals surface area contributed by atoms with Crippen molar-refractivity contribution in [3.05, 3.63) is 48.3 Å². The van der Waals surface area contributed by atoms with Crippen LogP contribution in [0.4, 0.5) is 4.39 Å². The maximum Gasteiger partial charge on any atom is 0.272 e. The molecule has 2 saturated heterocycles. The first kappa shape index (κ1) is 20.5. The second-order valence-electron chi connectivity index (χ2n) is 7.99. The molecule has 4 rings (SSSR count). The van der Waals surface area contributed by atoms with Crippen LogP contribution < -0.4 is 0 Å². The molecule has 0 spiro atoms. The van der Waals surface area contributed by atoms with Crippen molar-refractivity contribution in [2.24, 2.45) is 0 Å². The third kappa shape index (κ3) is 4.70. The molecular formula is C22H28FN5O2. The molecule has 0 atom stereocenters. The molecule has 0 aliphatic carbocycles. The number of amides is 2. The normalized spacial score (nSPS) is 18.3. The van der Waals surface area contributed by atoms with E-state index in [1.165, 1.54) is 25.0 Å². The van der Waals surface area contributed by atoms with Gasteiger partial charge in [0.15, 0.2) is 0 Å². The Morgan fingerprint density at radius 3 is 2.20 bits per heavy atom. The molecule has 30 heavy (non-hydrogen) atoms. The van der Waals surface area contributed by atoms with E-state index in [9.17, 15) is 14.0 Å². The summed E-state index contributed by atoms with van der Waals surface area (Å²) >= 11 is 0. The predicted octanol–water partition coefficient (Wildman–Crippen LogP) is 2.17. The van der Waals surface area contributed by atoms with E-state index in [2.05, 4.69) is 9.88 Å². The van der Waals surface area contributed by atoms with Crippen molar-refractivity contribution < 1.29 is 14.0 Å². The minimum Gasteiger partial charge on any atom is -0.342 e. The van der Waals surface area contributed by atoms with Gasteiger partial charge in [-0.15, -0.1) is 0 Å². The highest BCUT2D eigenvalue weighted by Gasteiger charge is 2.26. The van der Waals surface area contributed by atoms with E-state index in [-0.39, 0.29) is 17.6 Å². The van der Waals surface area contributed by atoms with Gasteiger partial charge in [-0.1, -0.05) is 12.8 Å². The van der Waals surface area contributed by atoms with Crippen LogP contribution in [0.2, 0.25) is 0 Å². The lowest BCUT2D eigenvalue weighted by molar-refractivity contribution is -0.132. The zero-order valence-corrected chi connectivity index (χ0v) is 17.2. The molecule has 2 aliphatic heterocycles. The summed E-state index contributed by atoms with van der Waals surface area (Å²) in [6, 6.07) is 5.98. The molecule has 2 fully saturated rings. The number of hydrogen-bond donors (Lipinski definition) is 0. The van der Waals surface area contributed by atoms with Gasteiger partial charge in [0.25, 0.3) is 5.91 Å². The second-order valence-corrected chi connectivity index (χ2v) is 7.99. The summed E-state index contributed by atoms with van der Waals surface area (Å²) in [7, 11) is 0. The SMILES string of the molecule is O=C(CN1CCN(C(=O)c2cncn2-c2ccc(F)cc2)CC1)N1CCCCCC1. The smallest absolute Gasteiger partial charge is 0.272 e. The summed E-state index contributed by atoms with van der Waals surface area (Å²) in [5.74, 6) is -0.223. The Kier molecular flexibility index (Phi) is 6.42. The number of aromatic nitrogens is 2. The fraction of sp³-hybridized carbons (Fsp3) is 0.500. The maximum absolute atomic E-state index is 13.2. The van der Waals surface area contributed by atoms with Gasteiger partial charge in [-0.25, -0.2) is 9.37 Å². The highest BCUT2D eigenvalue weighted by molar-refractivity contribution is 5.93. The van der Waals surface area contributed by atoms with Gasteiger partial charge in [0.05, 0.1) is 19.1 Å². The molecule has 1 aromatic carbocycles. The Labute approximate surface area is 176 Å². The summed E-state index contributed by atoms with van der Waals surface area (Å²) < 4.78 is 14.9. The third-order valence-corrected chi connectivity index (χ3v) is 5.94. The van der Waals surface area contributed by atoms with Gasteiger partial charge in [0.2, 0.25) is 5.91 Å². The quantitative estimate of drug-likeness (QED) is 0.771. The van der Waals surface area contributed by atoms with Crippen LogP contribution in [-0.4, -0.2) is 81.9 Å². The number of rotatable bonds is 4. The molecule has 0 bridgehead atoms. The van der Waals surface area contributed by atoms with Gasteiger partial charge < -0.3 is 9.80 Å². The van der Waals surface area contributed by atoms with Crippen LogP contribution in [0.5, 0.6) is 0 Å². The molecule has 2 aromatic rings. The minimum absolute atomic E-state index is 0.102. The average molecular weight is 413 g/mol. The second kappa shape index (κ2) is 9.38. The largest absolute Gasteiger partial charge is 0.342 e. The van der Waals surface area contributed by atoms with Crippen LogP contribution in [-0.2, 0) is 4.79 Å². The minimum atomic E-state index is -0.322. The van der Waals surface area contributed by atoms with Crippen molar-refractivity contribution in [1.82, 2.24) is 24.3 Å². The number of benzene rings is 1. The van der Waals surface area contributed by atoms with E-state index >= 15 is 0 Å². The zero-order valence-electron chi connectivity index (χ0n) is 17.2. The van der Waals surface area contributed by atoms with Crippen molar-refractivity contribution >= 4 is 11.8 Å². The number of likely N-dealkylation sites (tertiary alicyclic amines) is 1. The van der Waals surface area contributed by atoms with Crippen LogP contribution in [0.3, 0.4) is 0 Å². The first-order chi connectivity index (χ1) is 14.6. The molecule has 160 valence electrons. The Morgan fingerprint density at radius 2 is 1.53 bits per heavy atom. The molecule has 8 heteroatoms. The fourth-order valence-electron chi connectivity index (χ4n) is 4.14. The molecule has 0 N–H and O–H groups in total. The molecular weight excluding hydrogens is 385 g/mol. The summed E-state index contributed by atoms with van der Waals surface area (Å²) in [4.78, 5) is 35.7. The molecule has 1 aromatic heterocycles. The summed E-state index contributed by atoms with van der Waals surface area (Å²) in [5, 5.41) is 0. The number of carbonyl (C=O) groups excluding carboxylic acids is 2. The van der Waals surface area contributed by atoms with Crippen molar-refractivity contribution in [3.63, 3.8) is 0 Å². The number of nitrogens with zero attached hydrogens (tertiary/aromatic N) is 5. The number of imidazole rings is 1. The fourth-order valence-corrected chi connectivity index (χ4v) is 4.14. The number of halogens is 1. The van der Waals surface area contributed by atoms with Crippen molar-refractivity contribution in [2.75, 3.05) is 45.8 Å². The van der Waals surface area contributed by atoms with E-state index in [0.717, 1.165) is 25.9 Å². The lowest BCUT2D eigenvalue weighted by atomic mass is 10.2. The van der Waals surface area contributed by atoms with Crippen molar-refractivity contribution in [1.29, 1.82) is 0 Å². The van der Waals surface area contributed by atoms with Crippen molar-refractivity contribution in [2.45, 2.75) is 25.7 Å². The summed E-state index contributed by atoms with van der Waals surface area (Å²) in [5.41, 5.74) is 1.15. The van der Waals surface area contributed by atoms with E-state index in [4.69, 9.17) is 0 Å². The molecule has 2 aliphatic rings. The van der Waals surface area contributed by atoms with E-state index in [1.54, 1.807) is 34.1 Å². The van der Waals surface area contributed by atoms with E-state index < -0.39 is 0 Å². The Morgan fingerprint density at radius 1 is 0.867 bits per heavy atom. The van der Waals surface area contributed by atoms with Gasteiger partial charge in [0, 0.05) is 45.0 Å². The Hall–Kier alpha value is -2.74. The number of carbonyl (C=O) groups is 2. The lowest BCUT2D eigenvalue weighted by Crippen LogP contribution is -2.51. The molecule has 0 unspecified atom stereocenters. The molecule has 2 amide bonds. The third-order valence-electron chi connectivity index (χ3n) is 5.94. The number of piperazine rings is 1. The maximum atomic E-state index is 13.2. The van der Waals surface area contributed by atoms with Gasteiger partial charge >= 0.3 is 0 Å². The van der Waals surface area contributed by atoms with Crippen LogP contribution >= 0.6 is 0 Å². The topological polar surface area (TPSA) is 61.7 Å². The van der Waals surface area contributed by atoms with E-state index in [0.29, 0.717) is 44.1 Å². The molecule has 3 heterocycles. The van der Waals surface area contributed by atoms with E-state index in [1.807, 2.05) is 4.90 Å². The Balaban J connectivity index is 1.33. The monoisotopic (exact) mass is 413 g/mol. The first-order valence-electron chi connectivity index (χ1n) is 10.7. The molecule has 0 radical (unpaired) electrons. The first-order valence-corrected chi connectivity index (χ1v) is 10.7. The van der Waals surface area contributed by atoms with Gasteiger partial charge in [-0.2, -0.15) is 0 Å². The highest BCUT2D eigenvalue weighted by atomic mass is 19.1. The standard InChI is InChI=1S/C22H28FN5O2/c23-18-5-7-19(8-6-18)28-17-24-15-20(28)22(30)27-13-11-25(12-14-27)16-21(29)26-9-3-1-2-4-10-26/h5-8,15,17H,1-4,9-14,16H2. The van der Waals surface area contributed by atoms with Gasteiger partial charge in [-0.05, 0) is 37.1 Å². The molecule has 0 saturated carbocycles. The van der Waals surface area contributed by atoms with Gasteiger partial charge in [-0.3, -0.25) is 19.1 Å². The predicted molar refractivity (Wildman–Crippen MR) is 111 cm³/mol.